The average Bonchev–Trinajstić information content (AvgIpc) is 2.67. The second kappa shape index (κ2) is 5.74. The molecule has 1 aromatic carbocycles. The van der Waals surface area contributed by atoms with E-state index >= 15 is 0 Å². The maximum Gasteiger partial charge on any atom is 0.125 e. The first-order chi connectivity index (χ1) is 8.26. The molecule has 0 aliphatic heterocycles. The zero-order chi connectivity index (χ0) is 12.3. The summed E-state index contributed by atoms with van der Waals surface area (Å²) in [5, 5.41) is 0. The highest BCUT2D eigenvalue weighted by Crippen LogP contribution is 2.19. The monoisotopic (exact) mass is 272 g/mol. The third kappa shape index (κ3) is 2.75. The van der Waals surface area contributed by atoms with Crippen molar-refractivity contribution in [2.24, 2.45) is 0 Å². The number of fused-ring (bicyclic) bond motifs is 1. The van der Waals surface area contributed by atoms with Crippen molar-refractivity contribution in [2.75, 3.05) is 12.0 Å². The maximum absolute atomic E-state index is 13.1. The Morgan fingerprint density at radius 2 is 2.29 bits per heavy atom. The number of aryl methyl sites for hydroxylation is 1. The fourth-order valence-corrected chi connectivity index (χ4v) is 2.49. The fourth-order valence-electron chi connectivity index (χ4n) is 1.87. The molecule has 2 rings (SSSR count). The van der Waals surface area contributed by atoms with Crippen LogP contribution in [0.2, 0.25) is 0 Å². The van der Waals surface area contributed by atoms with Gasteiger partial charge in [0.1, 0.15) is 11.6 Å². The van der Waals surface area contributed by atoms with Gasteiger partial charge in [-0.25, -0.2) is 9.37 Å². The summed E-state index contributed by atoms with van der Waals surface area (Å²) < 4.78 is 15.2. The van der Waals surface area contributed by atoms with E-state index < -0.39 is 0 Å². The van der Waals surface area contributed by atoms with Crippen LogP contribution in [0.4, 0.5) is 4.39 Å². The SMILES string of the molecule is CSCCCn1c(CCl)nc2cc(F)ccc21. The molecule has 0 saturated heterocycles. The van der Waals surface area contributed by atoms with E-state index in [4.69, 9.17) is 11.6 Å². The minimum absolute atomic E-state index is 0.257. The molecule has 0 saturated carbocycles. The standard InChI is InChI=1S/C12H14ClFN2S/c1-17-6-2-5-16-11-4-3-9(14)7-10(11)15-12(16)8-13/h3-4,7H,2,5-6,8H2,1H3. The van der Waals surface area contributed by atoms with Crippen molar-refractivity contribution in [3.63, 3.8) is 0 Å². The summed E-state index contributed by atoms with van der Waals surface area (Å²) in [5.41, 5.74) is 1.65. The summed E-state index contributed by atoms with van der Waals surface area (Å²) in [6.45, 7) is 0.880. The summed E-state index contributed by atoms with van der Waals surface area (Å²) in [4.78, 5) is 4.35. The van der Waals surface area contributed by atoms with Crippen molar-refractivity contribution in [1.82, 2.24) is 9.55 Å². The number of hydrogen-bond donors (Lipinski definition) is 0. The number of imidazole rings is 1. The minimum Gasteiger partial charge on any atom is -0.327 e. The van der Waals surface area contributed by atoms with Gasteiger partial charge < -0.3 is 4.57 Å². The first-order valence-electron chi connectivity index (χ1n) is 5.46. The molecule has 0 N–H and O–H groups in total. The van der Waals surface area contributed by atoms with E-state index in [2.05, 4.69) is 15.8 Å². The lowest BCUT2D eigenvalue weighted by Gasteiger charge is -2.06. The van der Waals surface area contributed by atoms with Gasteiger partial charge in [0.2, 0.25) is 0 Å². The molecule has 1 heterocycles. The van der Waals surface area contributed by atoms with Gasteiger partial charge in [-0.05, 0) is 30.6 Å². The van der Waals surface area contributed by atoms with Gasteiger partial charge in [0, 0.05) is 12.6 Å². The Balaban J connectivity index is 2.36. The van der Waals surface area contributed by atoms with E-state index in [-0.39, 0.29) is 5.82 Å². The lowest BCUT2D eigenvalue weighted by atomic mass is 10.3. The van der Waals surface area contributed by atoms with E-state index in [1.807, 2.05) is 11.8 Å². The maximum atomic E-state index is 13.1. The van der Waals surface area contributed by atoms with Crippen LogP contribution in [-0.2, 0) is 12.4 Å². The van der Waals surface area contributed by atoms with E-state index in [1.165, 1.54) is 12.1 Å². The first-order valence-corrected chi connectivity index (χ1v) is 7.38. The molecule has 2 aromatic rings. The lowest BCUT2D eigenvalue weighted by Crippen LogP contribution is -2.03. The molecule has 1 aromatic heterocycles. The van der Waals surface area contributed by atoms with Gasteiger partial charge in [0.15, 0.2) is 0 Å². The molecule has 0 aliphatic rings. The molecule has 0 radical (unpaired) electrons. The minimum atomic E-state index is -0.257. The highest BCUT2D eigenvalue weighted by molar-refractivity contribution is 7.98. The van der Waals surface area contributed by atoms with Crippen molar-refractivity contribution in [2.45, 2.75) is 18.8 Å². The first kappa shape index (κ1) is 12.7. The highest BCUT2D eigenvalue weighted by atomic mass is 35.5. The highest BCUT2D eigenvalue weighted by Gasteiger charge is 2.10. The summed E-state index contributed by atoms with van der Waals surface area (Å²) in [6.07, 6.45) is 3.15. The van der Waals surface area contributed by atoms with Gasteiger partial charge in [0.05, 0.1) is 16.9 Å². The molecule has 0 bridgehead atoms. The third-order valence-corrected chi connectivity index (χ3v) is 3.58. The average molecular weight is 273 g/mol. The zero-order valence-corrected chi connectivity index (χ0v) is 11.2. The molecule has 92 valence electrons. The molecule has 0 amide bonds. The van der Waals surface area contributed by atoms with Crippen molar-refractivity contribution >= 4 is 34.4 Å². The number of rotatable bonds is 5. The molecule has 5 heteroatoms. The Morgan fingerprint density at radius 3 is 3.00 bits per heavy atom. The molecule has 0 fully saturated rings. The van der Waals surface area contributed by atoms with Crippen LogP contribution in [0.3, 0.4) is 0 Å². The Morgan fingerprint density at radius 1 is 1.47 bits per heavy atom. The third-order valence-electron chi connectivity index (χ3n) is 2.64. The number of halogens is 2. The summed E-state index contributed by atoms with van der Waals surface area (Å²) in [6, 6.07) is 4.69. The molecule has 2 nitrogen and oxygen atoms in total. The van der Waals surface area contributed by atoms with Crippen LogP contribution in [0.25, 0.3) is 11.0 Å². The molecular formula is C12H14ClFN2S. The second-order valence-corrected chi connectivity index (χ2v) is 5.05. The van der Waals surface area contributed by atoms with Crippen LogP contribution in [-0.4, -0.2) is 21.6 Å². The summed E-state index contributed by atoms with van der Waals surface area (Å²) in [7, 11) is 0. The van der Waals surface area contributed by atoms with Crippen molar-refractivity contribution in [3.05, 3.63) is 29.8 Å². The number of aromatic nitrogens is 2. The van der Waals surface area contributed by atoms with Gasteiger partial charge in [-0.15, -0.1) is 11.6 Å². The topological polar surface area (TPSA) is 17.8 Å². The van der Waals surface area contributed by atoms with Crippen molar-refractivity contribution in [3.8, 4) is 0 Å². The molecule has 17 heavy (non-hydrogen) atoms. The van der Waals surface area contributed by atoms with Crippen LogP contribution in [0, 0.1) is 5.82 Å². The number of thioether (sulfide) groups is 1. The predicted octanol–water partition coefficient (Wildman–Crippen LogP) is 3.67. The Kier molecular flexibility index (Phi) is 4.29. The predicted molar refractivity (Wildman–Crippen MR) is 72.2 cm³/mol. The Labute approximate surface area is 109 Å². The lowest BCUT2D eigenvalue weighted by molar-refractivity contribution is 0.629. The fraction of sp³-hybridized carbons (Fsp3) is 0.417. The smallest absolute Gasteiger partial charge is 0.125 e. The van der Waals surface area contributed by atoms with E-state index in [9.17, 15) is 4.39 Å². The van der Waals surface area contributed by atoms with Crippen LogP contribution in [0.15, 0.2) is 18.2 Å². The van der Waals surface area contributed by atoms with Crippen molar-refractivity contribution in [1.29, 1.82) is 0 Å². The molecule has 0 atom stereocenters. The van der Waals surface area contributed by atoms with Crippen LogP contribution < -0.4 is 0 Å². The quantitative estimate of drug-likeness (QED) is 0.611. The summed E-state index contributed by atoms with van der Waals surface area (Å²) in [5.74, 6) is 2.01. The van der Waals surface area contributed by atoms with Gasteiger partial charge >= 0.3 is 0 Å². The molecular weight excluding hydrogens is 259 g/mol. The molecule has 0 unspecified atom stereocenters. The Bertz CT molecular complexity index is 512. The number of nitrogens with zero attached hydrogens (tertiary/aromatic N) is 2. The normalized spacial score (nSPS) is 11.2. The van der Waals surface area contributed by atoms with E-state index in [0.29, 0.717) is 11.4 Å². The van der Waals surface area contributed by atoms with E-state index in [0.717, 1.165) is 30.1 Å². The number of benzene rings is 1. The Hall–Kier alpha value is -0.740. The van der Waals surface area contributed by atoms with Gasteiger partial charge in [-0.3, -0.25) is 0 Å². The van der Waals surface area contributed by atoms with Crippen LogP contribution in [0.5, 0.6) is 0 Å². The number of hydrogen-bond acceptors (Lipinski definition) is 2. The van der Waals surface area contributed by atoms with Crippen LogP contribution >= 0.6 is 23.4 Å². The largest absolute Gasteiger partial charge is 0.327 e. The van der Waals surface area contributed by atoms with Gasteiger partial charge in [-0.1, -0.05) is 0 Å². The molecule has 0 spiro atoms. The molecule has 0 aliphatic carbocycles. The second-order valence-electron chi connectivity index (χ2n) is 3.79. The van der Waals surface area contributed by atoms with Gasteiger partial charge in [0.25, 0.3) is 0 Å². The van der Waals surface area contributed by atoms with E-state index in [1.54, 1.807) is 6.07 Å². The summed E-state index contributed by atoms with van der Waals surface area (Å²) >= 11 is 7.69. The zero-order valence-electron chi connectivity index (χ0n) is 9.62. The van der Waals surface area contributed by atoms with Crippen LogP contribution in [0.1, 0.15) is 12.2 Å². The number of alkyl halides is 1. The van der Waals surface area contributed by atoms with Gasteiger partial charge in [-0.2, -0.15) is 11.8 Å². The van der Waals surface area contributed by atoms with Crippen molar-refractivity contribution < 1.29 is 4.39 Å².